The quantitative estimate of drug-likeness (QED) is 0.336. The Balaban J connectivity index is 1.88. The van der Waals surface area contributed by atoms with Crippen molar-refractivity contribution in [3.8, 4) is 5.75 Å². The van der Waals surface area contributed by atoms with Crippen LogP contribution < -0.4 is 4.74 Å². The van der Waals surface area contributed by atoms with Crippen LogP contribution in [0.1, 0.15) is 48.2 Å². The van der Waals surface area contributed by atoms with E-state index in [9.17, 15) is 14.7 Å². The van der Waals surface area contributed by atoms with Crippen molar-refractivity contribution in [1.82, 2.24) is 9.88 Å². The van der Waals surface area contributed by atoms with Gasteiger partial charge in [-0.1, -0.05) is 56.3 Å². The van der Waals surface area contributed by atoms with Gasteiger partial charge in [-0.3, -0.25) is 14.6 Å². The smallest absolute Gasteiger partial charge is 0.296 e. The summed E-state index contributed by atoms with van der Waals surface area (Å²) in [6.07, 6.45) is 1.65. The highest BCUT2D eigenvalue weighted by Gasteiger charge is 2.46. The van der Waals surface area contributed by atoms with Crippen molar-refractivity contribution >= 4 is 17.4 Å². The summed E-state index contributed by atoms with van der Waals surface area (Å²) in [5.74, 6) is -0.901. The van der Waals surface area contributed by atoms with E-state index in [1.807, 2.05) is 30.3 Å². The fourth-order valence-corrected chi connectivity index (χ4v) is 4.10. The van der Waals surface area contributed by atoms with Crippen LogP contribution in [0.4, 0.5) is 0 Å². The molecule has 1 fully saturated rings. The number of ether oxygens (including phenoxy) is 1. The van der Waals surface area contributed by atoms with E-state index in [1.54, 1.807) is 42.6 Å². The summed E-state index contributed by atoms with van der Waals surface area (Å²) in [6.45, 7) is 4.35. The first kappa shape index (κ1) is 22.3. The molecule has 6 nitrogen and oxygen atoms in total. The number of ketones is 1. The zero-order chi connectivity index (χ0) is 23.5. The van der Waals surface area contributed by atoms with E-state index >= 15 is 0 Å². The highest BCUT2D eigenvalue weighted by Crippen LogP contribution is 2.41. The van der Waals surface area contributed by atoms with E-state index in [2.05, 4.69) is 18.8 Å². The summed E-state index contributed by atoms with van der Waals surface area (Å²) in [7, 11) is 1.49. The van der Waals surface area contributed by atoms with Crippen LogP contribution in [0.5, 0.6) is 5.75 Å². The van der Waals surface area contributed by atoms with Gasteiger partial charge in [0.25, 0.3) is 11.7 Å². The zero-order valence-corrected chi connectivity index (χ0v) is 18.9. The van der Waals surface area contributed by atoms with Crippen molar-refractivity contribution in [2.75, 3.05) is 7.11 Å². The number of nitrogens with zero attached hydrogens (tertiary/aromatic N) is 2. The van der Waals surface area contributed by atoms with Crippen LogP contribution in [0.15, 0.2) is 78.5 Å². The lowest BCUT2D eigenvalue weighted by atomic mass is 9.93. The third kappa shape index (κ3) is 4.24. The molecule has 1 N–H and O–H groups in total. The number of benzene rings is 2. The maximum Gasteiger partial charge on any atom is 0.296 e. The average molecular weight is 443 g/mol. The summed E-state index contributed by atoms with van der Waals surface area (Å²) < 4.78 is 5.38. The van der Waals surface area contributed by atoms with E-state index in [0.717, 1.165) is 11.1 Å². The normalized spacial score (nSPS) is 17.6. The Morgan fingerprint density at radius 1 is 1.03 bits per heavy atom. The Bertz CT molecular complexity index is 1200. The molecule has 4 rings (SSSR count). The summed E-state index contributed by atoms with van der Waals surface area (Å²) in [4.78, 5) is 32.1. The van der Waals surface area contributed by atoms with Gasteiger partial charge in [0, 0.05) is 6.20 Å². The molecule has 168 valence electrons. The number of amides is 1. The molecule has 1 aromatic heterocycles. The number of hydrogen-bond acceptors (Lipinski definition) is 5. The number of Topliss-reactive ketones (excluding diaryl/α,β-unsaturated/α-hetero) is 1. The monoisotopic (exact) mass is 442 g/mol. The fraction of sp³-hybridized carbons (Fsp3) is 0.222. The number of aliphatic hydroxyl groups is 1. The number of methoxy groups -OCH3 is 1. The minimum atomic E-state index is -0.752. The SMILES string of the molecule is COc1ccccc1/C(O)=C1/C(=O)C(=O)N(Cc2ccccn2)C1c1ccc(C(C)C)cc1. The first-order valence-electron chi connectivity index (χ1n) is 10.8. The minimum Gasteiger partial charge on any atom is -0.507 e. The Morgan fingerprint density at radius 3 is 2.36 bits per heavy atom. The lowest BCUT2D eigenvalue weighted by Crippen LogP contribution is -2.29. The number of hydrogen-bond donors (Lipinski definition) is 1. The molecule has 2 aromatic carbocycles. The summed E-state index contributed by atoms with van der Waals surface area (Å²) in [5, 5.41) is 11.3. The van der Waals surface area contributed by atoms with E-state index in [-0.39, 0.29) is 17.9 Å². The molecule has 0 radical (unpaired) electrons. The summed E-state index contributed by atoms with van der Waals surface area (Å²) in [6, 6.07) is 19.4. The van der Waals surface area contributed by atoms with Crippen molar-refractivity contribution in [3.63, 3.8) is 0 Å². The van der Waals surface area contributed by atoms with Crippen LogP contribution in [-0.2, 0) is 16.1 Å². The molecule has 1 aliphatic heterocycles. The van der Waals surface area contributed by atoms with Gasteiger partial charge >= 0.3 is 0 Å². The predicted octanol–water partition coefficient (Wildman–Crippen LogP) is 4.84. The third-order valence-electron chi connectivity index (χ3n) is 5.88. The van der Waals surface area contributed by atoms with Gasteiger partial charge in [0.05, 0.1) is 36.5 Å². The molecule has 0 saturated carbocycles. The van der Waals surface area contributed by atoms with Gasteiger partial charge in [-0.25, -0.2) is 0 Å². The summed E-state index contributed by atoms with van der Waals surface area (Å²) in [5.41, 5.74) is 2.94. The van der Waals surface area contributed by atoms with Gasteiger partial charge in [-0.05, 0) is 41.3 Å². The van der Waals surface area contributed by atoms with Crippen LogP contribution in [0.2, 0.25) is 0 Å². The molecule has 1 aliphatic rings. The second-order valence-electron chi connectivity index (χ2n) is 8.27. The van der Waals surface area contributed by atoms with Gasteiger partial charge in [0.15, 0.2) is 0 Å². The minimum absolute atomic E-state index is 0.0396. The van der Waals surface area contributed by atoms with Crippen LogP contribution in [0.3, 0.4) is 0 Å². The van der Waals surface area contributed by atoms with Gasteiger partial charge in [0.2, 0.25) is 0 Å². The molecule has 0 bridgehead atoms. The van der Waals surface area contributed by atoms with Gasteiger partial charge in [-0.2, -0.15) is 0 Å². The molecule has 0 spiro atoms. The Kier molecular flexibility index (Phi) is 6.27. The number of rotatable bonds is 6. The fourth-order valence-electron chi connectivity index (χ4n) is 4.10. The van der Waals surface area contributed by atoms with Crippen molar-refractivity contribution in [3.05, 3.63) is 101 Å². The standard InChI is InChI=1S/C27H26N2O4/c1-17(2)18-11-13-19(14-12-18)24-23(25(30)21-9-4-5-10-22(21)33-3)26(31)27(32)29(24)16-20-8-6-7-15-28-20/h4-15,17,24,30H,16H2,1-3H3/b25-23-. The molecular weight excluding hydrogens is 416 g/mol. The van der Waals surface area contributed by atoms with Crippen LogP contribution in [0.25, 0.3) is 5.76 Å². The Hall–Kier alpha value is -3.93. The van der Waals surface area contributed by atoms with Crippen molar-refractivity contribution in [1.29, 1.82) is 0 Å². The lowest BCUT2D eigenvalue weighted by molar-refractivity contribution is -0.140. The predicted molar refractivity (Wildman–Crippen MR) is 126 cm³/mol. The first-order valence-corrected chi connectivity index (χ1v) is 10.8. The average Bonchev–Trinajstić information content (AvgIpc) is 3.09. The summed E-state index contributed by atoms with van der Waals surface area (Å²) >= 11 is 0. The maximum atomic E-state index is 13.2. The molecule has 2 heterocycles. The van der Waals surface area contributed by atoms with Crippen molar-refractivity contribution in [2.45, 2.75) is 32.4 Å². The van der Waals surface area contributed by atoms with Crippen LogP contribution in [0, 0.1) is 0 Å². The second kappa shape index (κ2) is 9.28. The third-order valence-corrected chi connectivity index (χ3v) is 5.88. The largest absolute Gasteiger partial charge is 0.507 e. The van der Waals surface area contributed by atoms with Gasteiger partial charge < -0.3 is 14.7 Å². The van der Waals surface area contributed by atoms with Crippen LogP contribution in [-0.4, -0.2) is 33.8 Å². The number of aliphatic hydroxyl groups excluding tert-OH is 1. The van der Waals surface area contributed by atoms with E-state index in [4.69, 9.17) is 4.74 Å². The number of likely N-dealkylation sites (tertiary alicyclic amines) is 1. The van der Waals surface area contributed by atoms with Gasteiger partial charge in [-0.15, -0.1) is 0 Å². The highest BCUT2D eigenvalue weighted by atomic mass is 16.5. The maximum absolute atomic E-state index is 13.2. The lowest BCUT2D eigenvalue weighted by Gasteiger charge is -2.25. The number of carbonyl (C=O) groups excluding carboxylic acids is 2. The molecule has 1 unspecified atom stereocenters. The molecule has 33 heavy (non-hydrogen) atoms. The Morgan fingerprint density at radius 2 is 1.73 bits per heavy atom. The molecule has 1 saturated heterocycles. The van der Waals surface area contributed by atoms with Gasteiger partial charge in [0.1, 0.15) is 11.5 Å². The van der Waals surface area contributed by atoms with Crippen molar-refractivity contribution < 1.29 is 19.4 Å². The molecule has 3 aromatic rings. The molecule has 0 aliphatic carbocycles. The molecule has 1 atom stereocenters. The van der Waals surface area contributed by atoms with E-state index < -0.39 is 17.7 Å². The number of aromatic nitrogens is 1. The number of para-hydroxylation sites is 1. The second-order valence-corrected chi connectivity index (χ2v) is 8.27. The topological polar surface area (TPSA) is 79.7 Å². The van der Waals surface area contributed by atoms with Crippen molar-refractivity contribution in [2.24, 2.45) is 0 Å². The molecule has 1 amide bonds. The van der Waals surface area contributed by atoms with Crippen LogP contribution >= 0.6 is 0 Å². The first-order chi connectivity index (χ1) is 15.9. The van der Waals surface area contributed by atoms with E-state index in [1.165, 1.54) is 12.0 Å². The Labute approximate surface area is 193 Å². The number of carbonyl (C=O) groups is 2. The molecule has 6 heteroatoms. The van der Waals surface area contributed by atoms with E-state index in [0.29, 0.717) is 22.9 Å². The molecular formula is C27H26N2O4. The zero-order valence-electron chi connectivity index (χ0n) is 18.9. The number of pyridine rings is 1. The highest BCUT2D eigenvalue weighted by molar-refractivity contribution is 6.46.